The molecule has 5 rings (SSSR count). The number of fused-ring (bicyclic) bond motifs is 1. The van der Waals surface area contributed by atoms with Crippen LogP contribution in [-0.4, -0.2) is 69.1 Å². The molecule has 2 aliphatic heterocycles. The monoisotopic (exact) mass is 460 g/mol. The third-order valence-electron chi connectivity index (χ3n) is 6.19. The minimum atomic E-state index is -0.947. The molecule has 1 unspecified atom stereocenters. The van der Waals surface area contributed by atoms with Crippen LogP contribution in [0, 0.1) is 5.82 Å². The number of H-pyrrole nitrogens is 1. The quantitative estimate of drug-likeness (QED) is 0.463. The van der Waals surface area contributed by atoms with Crippen molar-refractivity contribution in [1.82, 2.24) is 25.2 Å². The summed E-state index contributed by atoms with van der Waals surface area (Å²) in [6.07, 6.45) is 2.68. The first-order valence-electron chi connectivity index (χ1n) is 10.8. The van der Waals surface area contributed by atoms with E-state index >= 15 is 4.39 Å². The van der Waals surface area contributed by atoms with Gasteiger partial charge in [-0.25, -0.2) is 4.39 Å². The van der Waals surface area contributed by atoms with Gasteiger partial charge in [0.15, 0.2) is 0 Å². The minimum absolute atomic E-state index is 0.146. The summed E-state index contributed by atoms with van der Waals surface area (Å²) in [5, 5.41) is 10.4. The number of carbonyl (C=O) groups is 3. The molecule has 172 valence electrons. The molecule has 1 atom stereocenters. The molecule has 2 aromatic carbocycles. The Morgan fingerprint density at radius 2 is 1.74 bits per heavy atom. The van der Waals surface area contributed by atoms with Gasteiger partial charge < -0.3 is 9.80 Å². The van der Waals surface area contributed by atoms with Crippen molar-refractivity contribution < 1.29 is 18.8 Å². The summed E-state index contributed by atoms with van der Waals surface area (Å²) in [5.74, 6) is -1.58. The van der Waals surface area contributed by atoms with Crippen LogP contribution in [0.15, 0.2) is 61.3 Å². The lowest BCUT2D eigenvalue weighted by atomic mass is 10.0. The van der Waals surface area contributed by atoms with E-state index in [9.17, 15) is 14.4 Å². The zero-order valence-corrected chi connectivity index (χ0v) is 18.1. The fourth-order valence-corrected chi connectivity index (χ4v) is 4.48. The Balaban J connectivity index is 1.46. The molecule has 0 radical (unpaired) electrons. The van der Waals surface area contributed by atoms with Crippen LogP contribution in [0.3, 0.4) is 0 Å². The maximum atomic E-state index is 15.3. The van der Waals surface area contributed by atoms with Gasteiger partial charge >= 0.3 is 0 Å². The maximum absolute atomic E-state index is 15.3. The molecule has 3 aromatic rings. The Kier molecular flexibility index (Phi) is 5.40. The van der Waals surface area contributed by atoms with Crippen molar-refractivity contribution in [3.05, 3.63) is 89.5 Å². The second kappa shape index (κ2) is 8.54. The summed E-state index contributed by atoms with van der Waals surface area (Å²) in [6.45, 7) is 5.37. The third-order valence-corrected chi connectivity index (χ3v) is 6.19. The molecule has 0 aliphatic carbocycles. The van der Waals surface area contributed by atoms with E-state index in [0.29, 0.717) is 54.3 Å². The number of piperazine rings is 1. The first-order chi connectivity index (χ1) is 16.5. The van der Waals surface area contributed by atoms with Gasteiger partial charge in [-0.1, -0.05) is 24.8 Å². The van der Waals surface area contributed by atoms with Crippen molar-refractivity contribution in [2.24, 2.45) is 0 Å². The summed E-state index contributed by atoms with van der Waals surface area (Å²) in [4.78, 5) is 42.7. The molecule has 1 fully saturated rings. The topological polar surface area (TPSA) is 102 Å². The number of hydrogen-bond acceptors (Lipinski definition) is 6. The van der Waals surface area contributed by atoms with E-state index in [4.69, 9.17) is 0 Å². The molecule has 10 heteroatoms. The van der Waals surface area contributed by atoms with Crippen LogP contribution in [0.4, 0.5) is 10.1 Å². The number of benzene rings is 2. The van der Waals surface area contributed by atoms with E-state index in [1.165, 1.54) is 18.3 Å². The molecule has 3 amide bonds. The van der Waals surface area contributed by atoms with Crippen LogP contribution in [-0.2, 0) is 4.79 Å². The van der Waals surface area contributed by atoms with Crippen LogP contribution in [0.2, 0.25) is 0 Å². The van der Waals surface area contributed by atoms with Crippen LogP contribution in [0.1, 0.15) is 38.0 Å². The average Bonchev–Trinajstić information content (AvgIpc) is 3.48. The fourth-order valence-electron chi connectivity index (χ4n) is 4.48. The number of aromatic nitrogens is 3. The van der Waals surface area contributed by atoms with E-state index in [1.807, 2.05) is 4.90 Å². The second-order valence-electron chi connectivity index (χ2n) is 8.05. The highest BCUT2D eigenvalue weighted by Gasteiger charge is 2.42. The number of halogens is 1. The molecule has 0 spiro atoms. The Hall–Kier alpha value is -4.34. The number of nitrogens with zero attached hydrogens (tertiary/aromatic N) is 5. The van der Waals surface area contributed by atoms with Crippen molar-refractivity contribution in [1.29, 1.82) is 0 Å². The number of rotatable bonds is 5. The van der Waals surface area contributed by atoms with Crippen LogP contribution in [0.25, 0.3) is 0 Å². The maximum Gasteiger partial charge on any atom is 0.262 e. The van der Waals surface area contributed by atoms with Crippen molar-refractivity contribution in [3.63, 3.8) is 0 Å². The fraction of sp³-hybridized carbons (Fsp3) is 0.208. The van der Waals surface area contributed by atoms with Crippen molar-refractivity contribution >= 4 is 23.4 Å². The lowest BCUT2D eigenvalue weighted by Crippen LogP contribution is -2.48. The Morgan fingerprint density at radius 3 is 2.29 bits per heavy atom. The highest BCUT2D eigenvalue weighted by Crippen LogP contribution is 2.36. The molecule has 1 N–H and O–H groups in total. The number of nitrogens with one attached hydrogen (secondary N) is 1. The van der Waals surface area contributed by atoms with Gasteiger partial charge in [0.2, 0.25) is 5.91 Å². The molecule has 1 saturated heterocycles. The highest BCUT2D eigenvalue weighted by atomic mass is 19.1. The molecular formula is C24H21FN6O3. The van der Waals surface area contributed by atoms with Crippen LogP contribution in [0.5, 0.6) is 0 Å². The van der Waals surface area contributed by atoms with Gasteiger partial charge in [-0.2, -0.15) is 15.4 Å². The van der Waals surface area contributed by atoms with Gasteiger partial charge in [0.1, 0.15) is 17.6 Å². The summed E-state index contributed by atoms with van der Waals surface area (Å²) in [5.41, 5.74) is 1.69. The van der Waals surface area contributed by atoms with Gasteiger partial charge in [0, 0.05) is 26.2 Å². The van der Waals surface area contributed by atoms with E-state index < -0.39 is 23.7 Å². The van der Waals surface area contributed by atoms with E-state index in [2.05, 4.69) is 22.0 Å². The van der Waals surface area contributed by atoms with E-state index in [0.717, 1.165) is 4.90 Å². The van der Waals surface area contributed by atoms with Gasteiger partial charge in [-0.05, 0) is 35.9 Å². The first kappa shape index (κ1) is 21.5. The molecule has 34 heavy (non-hydrogen) atoms. The van der Waals surface area contributed by atoms with Gasteiger partial charge in [0.25, 0.3) is 11.8 Å². The number of imide groups is 1. The van der Waals surface area contributed by atoms with Gasteiger partial charge in [-0.3, -0.25) is 19.3 Å². The van der Waals surface area contributed by atoms with Crippen LogP contribution >= 0.6 is 0 Å². The Bertz CT molecular complexity index is 1250. The first-order valence-corrected chi connectivity index (χ1v) is 10.8. The Labute approximate surface area is 194 Å². The summed E-state index contributed by atoms with van der Waals surface area (Å²) >= 11 is 0. The molecule has 9 nitrogen and oxygen atoms in total. The van der Waals surface area contributed by atoms with E-state index in [1.54, 1.807) is 41.3 Å². The van der Waals surface area contributed by atoms with Crippen LogP contribution < -0.4 is 4.90 Å². The third kappa shape index (κ3) is 3.53. The SMILES string of the molecule is C=CC(=O)N1CCN(c2ccc(C(c3cn[nH]n3)N3C(=O)c4ccccc4C3=O)cc2F)CC1. The Morgan fingerprint density at radius 1 is 1.06 bits per heavy atom. The lowest BCUT2D eigenvalue weighted by Gasteiger charge is -2.36. The zero-order chi connectivity index (χ0) is 23.8. The smallest absolute Gasteiger partial charge is 0.262 e. The van der Waals surface area contributed by atoms with Crippen molar-refractivity contribution in [2.75, 3.05) is 31.1 Å². The highest BCUT2D eigenvalue weighted by molar-refractivity contribution is 6.21. The summed E-state index contributed by atoms with van der Waals surface area (Å²) in [6, 6.07) is 10.2. The summed E-state index contributed by atoms with van der Waals surface area (Å²) in [7, 11) is 0. The molecule has 3 heterocycles. The number of hydrogen-bond donors (Lipinski definition) is 1. The predicted octanol–water partition coefficient (Wildman–Crippen LogP) is 2.16. The summed E-state index contributed by atoms with van der Waals surface area (Å²) < 4.78 is 15.3. The van der Waals surface area contributed by atoms with E-state index in [-0.39, 0.29) is 5.91 Å². The predicted molar refractivity (Wildman–Crippen MR) is 121 cm³/mol. The lowest BCUT2D eigenvalue weighted by molar-refractivity contribution is -0.126. The number of amides is 3. The number of aromatic amines is 1. The molecular weight excluding hydrogens is 439 g/mol. The van der Waals surface area contributed by atoms with Crippen molar-refractivity contribution in [2.45, 2.75) is 6.04 Å². The molecule has 2 aliphatic rings. The molecule has 1 aromatic heterocycles. The van der Waals surface area contributed by atoms with Gasteiger partial charge in [-0.15, -0.1) is 0 Å². The minimum Gasteiger partial charge on any atom is -0.366 e. The molecule has 0 bridgehead atoms. The number of anilines is 1. The van der Waals surface area contributed by atoms with Crippen molar-refractivity contribution in [3.8, 4) is 0 Å². The largest absolute Gasteiger partial charge is 0.366 e. The zero-order valence-electron chi connectivity index (χ0n) is 18.1. The average molecular weight is 460 g/mol. The molecule has 0 saturated carbocycles. The van der Waals surface area contributed by atoms with Gasteiger partial charge in [0.05, 0.1) is 23.0 Å². The number of carbonyl (C=O) groups excluding carboxylic acids is 3. The second-order valence-corrected chi connectivity index (χ2v) is 8.05. The standard InChI is InChI=1S/C24H21FN6O3/c1-2-21(32)30-11-9-29(10-12-30)20-8-7-15(13-18(20)25)22(19-14-26-28-27-19)31-23(33)16-5-3-4-6-17(16)24(31)34/h2-8,13-14,22H,1,9-12H2,(H,26,27,28). The normalized spacial score (nSPS) is 16.6.